The van der Waals surface area contributed by atoms with Crippen LogP contribution in [0.2, 0.25) is 0 Å². The number of likely N-dealkylation sites (N-methyl/N-ethyl adjacent to an activating group) is 2. The first-order valence-electron chi connectivity index (χ1n) is 8.10. The molecule has 2 unspecified atom stereocenters. The monoisotopic (exact) mass is 278 g/mol. The average molecular weight is 278 g/mol. The van der Waals surface area contributed by atoms with Crippen LogP contribution in [0.1, 0.15) is 45.4 Å². The number of rotatable bonds is 7. The maximum atomic E-state index is 9.38. The number of nitrogens with one attached hydrogen (secondary N) is 1. The Morgan fingerprint density at radius 2 is 2.15 bits per heavy atom. The molecule has 4 nitrogen and oxygen atoms in total. The first-order chi connectivity index (χ1) is 9.52. The molecule has 1 aliphatic heterocycles. The molecule has 2 aliphatic rings. The van der Waals surface area contributed by atoms with E-state index in [9.17, 15) is 5.26 Å². The molecule has 1 saturated heterocycles. The zero-order chi connectivity index (χ0) is 14.6. The van der Waals surface area contributed by atoms with Crippen molar-refractivity contribution in [3.63, 3.8) is 0 Å². The van der Waals surface area contributed by atoms with Crippen LogP contribution < -0.4 is 5.32 Å². The van der Waals surface area contributed by atoms with Crippen LogP contribution in [0.4, 0.5) is 0 Å². The maximum Gasteiger partial charge on any atom is 0.104 e. The van der Waals surface area contributed by atoms with Crippen molar-refractivity contribution in [3.8, 4) is 6.07 Å². The largest absolute Gasteiger partial charge is 0.305 e. The van der Waals surface area contributed by atoms with Gasteiger partial charge in [0.25, 0.3) is 0 Å². The summed E-state index contributed by atoms with van der Waals surface area (Å²) in [6.07, 6.45) is 7.16. The van der Waals surface area contributed by atoms with Crippen LogP contribution in [0.3, 0.4) is 0 Å². The van der Waals surface area contributed by atoms with Crippen molar-refractivity contribution in [2.45, 2.75) is 63.1 Å². The molecular formula is C16H30N4. The third-order valence-electron chi connectivity index (χ3n) is 4.76. The van der Waals surface area contributed by atoms with Crippen LogP contribution in [-0.4, -0.2) is 61.2 Å². The highest BCUT2D eigenvalue weighted by molar-refractivity contribution is 5.07. The van der Waals surface area contributed by atoms with E-state index in [-0.39, 0.29) is 5.54 Å². The fourth-order valence-electron chi connectivity index (χ4n) is 3.20. The summed E-state index contributed by atoms with van der Waals surface area (Å²) in [4.78, 5) is 4.92. The van der Waals surface area contributed by atoms with E-state index in [1.54, 1.807) is 0 Å². The Labute approximate surface area is 124 Å². The van der Waals surface area contributed by atoms with Crippen molar-refractivity contribution in [1.82, 2.24) is 15.1 Å². The third-order valence-corrected chi connectivity index (χ3v) is 4.76. The Morgan fingerprint density at radius 3 is 2.75 bits per heavy atom. The Balaban J connectivity index is 1.69. The van der Waals surface area contributed by atoms with Crippen molar-refractivity contribution >= 4 is 0 Å². The van der Waals surface area contributed by atoms with Crippen LogP contribution in [0.5, 0.6) is 0 Å². The van der Waals surface area contributed by atoms with E-state index in [0.717, 1.165) is 19.4 Å². The van der Waals surface area contributed by atoms with Gasteiger partial charge in [0.15, 0.2) is 0 Å². The molecule has 1 heterocycles. The van der Waals surface area contributed by atoms with Crippen LogP contribution in [0.25, 0.3) is 0 Å². The average Bonchev–Trinajstić information content (AvgIpc) is 3.22. The zero-order valence-corrected chi connectivity index (χ0v) is 13.4. The lowest BCUT2D eigenvalue weighted by Gasteiger charge is -2.36. The molecule has 0 spiro atoms. The minimum atomic E-state index is -0.328. The van der Waals surface area contributed by atoms with Gasteiger partial charge in [-0.15, -0.1) is 0 Å². The molecule has 2 fully saturated rings. The second-order valence-corrected chi connectivity index (χ2v) is 7.00. The molecule has 1 saturated carbocycles. The molecule has 0 amide bonds. The van der Waals surface area contributed by atoms with Gasteiger partial charge in [-0.25, -0.2) is 0 Å². The summed E-state index contributed by atoms with van der Waals surface area (Å²) in [6, 6.07) is 3.77. The highest BCUT2D eigenvalue weighted by Crippen LogP contribution is 2.24. The van der Waals surface area contributed by atoms with Crippen LogP contribution in [0, 0.1) is 11.3 Å². The van der Waals surface area contributed by atoms with Crippen LogP contribution in [0.15, 0.2) is 0 Å². The van der Waals surface area contributed by atoms with E-state index in [2.05, 4.69) is 42.2 Å². The second kappa shape index (κ2) is 6.89. The highest BCUT2D eigenvalue weighted by atomic mass is 15.2. The van der Waals surface area contributed by atoms with Crippen LogP contribution >= 0.6 is 0 Å². The Morgan fingerprint density at radius 1 is 1.40 bits per heavy atom. The first-order valence-corrected chi connectivity index (χ1v) is 8.10. The molecule has 0 aromatic heterocycles. The number of hydrogen-bond acceptors (Lipinski definition) is 4. The highest BCUT2D eigenvalue weighted by Gasteiger charge is 2.32. The van der Waals surface area contributed by atoms with E-state index in [1.165, 1.54) is 38.8 Å². The standard InChI is InChI=1S/C16H30N4/c1-16(13-17,18-14-7-8-14)9-5-11-20(3)15-6-4-10-19(2)12-15/h14-15,18H,4-12H2,1-3H3. The minimum Gasteiger partial charge on any atom is -0.305 e. The molecule has 4 heteroatoms. The lowest BCUT2D eigenvalue weighted by atomic mass is 9.96. The SMILES string of the molecule is CN1CCCC(N(C)CCCC(C)(C#N)NC2CC2)C1. The summed E-state index contributed by atoms with van der Waals surface area (Å²) in [6.45, 7) is 5.58. The van der Waals surface area contributed by atoms with Crippen LogP contribution in [-0.2, 0) is 0 Å². The number of hydrogen-bond donors (Lipinski definition) is 1. The van der Waals surface area contributed by atoms with Gasteiger partial charge in [-0.3, -0.25) is 5.32 Å². The molecule has 114 valence electrons. The van der Waals surface area contributed by atoms with E-state index in [4.69, 9.17) is 0 Å². The normalized spacial score (nSPS) is 27.2. The number of nitrogens with zero attached hydrogens (tertiary/aromatic N) is 3. The Kier molecular flexibility index (Phi) is 5.42. The summed E-state index contributed by atoms with van der Waals surface area (Å²) >= 11 is 0. The van der Waals surface area contributed by atoms with E-state index in [0.29, 0.717) is 12.1 Å². The lowest BCUT2D eigenvalue weighted by molar-refractivity contribution is 0.131. The molecule has 2 rings (SSSR count). The summed E-state index contributed by atoms with van der Waals surface area (Å²) in [5, 5.41) is 12.9. The lowest BCUT2D eigenvalue weighted by Crippen LogP contribution is -2.46. The van der Waals surface area contributed by atoms with Gasteiger partial charge in [0.2, 0.25) is 0 Å². The topological polar surface area (TPSA) is 42.3 Å². The van der Waals surface area contributed by atoms with Crippen molar-refractivity contribution in [1.29, 1.82) is 5.26 Å². The van der Waals surface area contributed by atoms with Gasteiger partial charge in [0, 0.05) is 18.6 Å². The Hall–Kier alpha value is -0.630. The molecule has 0 radical (unpaired) electrons. The quantitative estimate of drug-likeness (QED) is 0.771. The van der Waals surface area contributed by atoms with Crippen molar-refractivity contribution in [2.24, 2.45) is 0 Å². The molecular weight excluding hydrogens is 248 g/mol. The Bertz CT molecular complexity index is 347. The molecule has 0 aromatic carbocycles. The number of piperidine rings is 1. The zero-order valence-electron chi connectivity index (χ0n) is 13.4. The molecule has 20 heavy (non-hydrogen) atoms. The predicted octanol–water partition coefficient (Wildman–Crippen LogP) is 1.83. The molecule has 2 atom stereocenters. The summed E-state index contributed by atoms with van der Waals surface area (Å²) in [7, 11) is 4.45. The molecule has 1 aliphatic carbocycles. The van der Waals surface area contributed by atoms with E-state index in [1.807, 2.05) is 0 Å². The van der Waals surface area contributed by atoms with Gasteiger partial charge >= 0.3 is 0 Å². The van der Waals surface area contributed by atoms with E-state index < -0.39 is 0 Å². The predicted molar refractivity (Wildman–Crippen MR) is 82.6 cm³/mol. The smallest absolute Gasteiger partial charge is 0.104 e. The van der Waals surface area contributed by atoms with Gasteiger partial charge in [-0.2, -0.15) is 5.26 Å². The summed E-state index contributed by atoms with van der Waals surface area (Å²) < 4.78 is 0. The maximum absolute atomic E-state index is 9.38. The fraction of sp³-hybridized carbons (Fsp3) is 0.938. The molecule has 1 N–H and O–H groups in total. The third kappa shape index (κ3) is 4.73. The van der Waals surface area contributed by atoms with Crippen molar-refractivity contribution in [2.75, 3.05) is 33.7 Å². The van der Waals surface area contributed by atoms with Crippen molar-refractivity contribution < 1.29 is 0 Å². The molecule has 0 bridgehead atoms. The van der Waals surface area contributed by atoms with Gasteiger partial charge in [-0.05, 0) is 72.6 Å². The first kappa shape index (κ1) is 15.8. The number of nitriles is 1. The second-order valence-electron chi connectivity index (χ2n) is 7.00. The number of likely N-dealkylation sites (tertiary alicyclic amines) is 1. The summed E-state index contributed by atoms with van der Waals surface area (Å²) in [5.41, 5.74) is -0.328. The van der Waals surface area contributed by atoms with Gasteiger partial charge in [0.1, 0.15) is 5.54 Å². The van der Waals surface area contributed by atoms with Gasteiger partial charge in [0.05, 0.1) is 6.07 Å². The minimum absolute atomic E-state index is 0.328. The fourth-order valence-corrected chi connectivity index (χ4v) is 3.20. The van der Waals surface area contributed by atoms with E-state index >= 15 is 0 Å². The van der Waals surface area contributed by atoms with Gasteiger partial charge < -0.3 is 9.80 Å². The molecule has 0 aromatic rings. The van der Waals surface area contributed by atoms with Gasteiger partial charge in [-0.1, -0.05) is 0 Å². The summed E-state index contributed by atoms with van der Waals surface area (Å²) in [5.74, 6) is 0. The van der Waals surface area contributed by atoms with Crippen molar-refractivity contribution in [3.05, 3.63) is 0 Å².